The zero-order valence-electron chi connectivity index (χ0n) is 20.6. The molecule has 0 spiro atoms. The van der Waals surface area contributed by atoms with Gasteiger partial charge < -0.3 is 20.0 Å². The van der Waals surface area contributed by atoms with Crippen LogP contribution in [0.3, 0.4) is 0 Å². The molecule has 10 nitrogen and oxygen atoms in total. The molecule has 0 aliphatic rings. The van der Waals surface area contributed by atoms with E-state index >= 15 is 0 Å². The van der Waals surface area contributed by atoms with Gasteiger partial charge in [0.25, 0.3) is 5.91 Å². The summed E-state index contributed by atoms with van der Waals surface area (Å²) in [6.45, 7) is -1.20. The van der Waals surface area contributed by atoms with Gasteiger partial charge in [0.1, 0.15) is 18.5 Å². The second-order valence-electron chi connectivity index (χ2n) is 8.86. The summed E-state index contributed by atoms with van der Waals surface area (Å²) >= 11 is 0. The number of alkyl halides is 3. The molecule has 0 saturated heterocycles. The second-order valence-corrected chi connectivity index (χ2v) is 8.86. The summed E-state index contributed by atoms with van der Waals surface area (Å²) in [6.07, 6.45) is 1.26. The van der Waals surface area contributed by atoms with Crippen LogP contribution in [0.1, 0.15) is 16.1 Å². The molecule has 4 heterocycles. The Hall–Kier alpha value is -5.33. The minimum Gasteiger partial charge on any atom is -0.443 e. The van der Waals surface area contributed by atoms with E-state index < -0.39 is 18.6 Å². The number of pyridine rings is 1. The first-order valence-electron chi connectivity index (χ1n) is 12.0. The first kappa shape index (κ1) is 25.0. The van der Waals surface area contributed by atoms with Crippen molar-refractivity contribution in [3.63, 3.8) is 0 Å². The van der Waals surface area contributed by atoms with Crippen LogP contribution in [0.5, 0.6) is 0 Å². The van der Waals surface area contributed by atoms with Crippen LogP contribution in [0, 0.1) is 0 Å². The van der Waals surface area contributed by atoms with Crippen LogP contribution in [0.4, 0.5) is 19.0 Å². The van der Waals surface area contributed by atoms with Gasteiger partial charge in [-0.1, -0.05) is 24.3 Å². The predicted octanol–water partition coefficient (Wildman–Crippen LogP) is 4.77. The summed E-state index contributed by atoms with van der Waals surface area (Å²) in [5.41, 5.74) is 9.17. The summed E-state index contributed by atoms with van der Waals surface area (Å²) in [5, 5.41) is 3.57. The Bertz CT molecular complexity index is 1870. The van der Waals surface area contributed by atoms with Crippen LogP contribution in [0.25, 0.3) is 44.8 Å². The van der Waals surface area contributed by atoms with Crippen molar-refractivity contribution in [2.24, 2.45) is 0 Å². The van der Waals surface area contributed by atoms with Crippen molar-refractivity contribution in [3.05, 3.63) is 84.8 Å². The topological polar surface area (TPSA) is 138 Å². The molecule has 0 saturated carbocycles. The van der Waals surface area contributed by atoms with Gasteiger partial charge >= 0.3 is 6.18 Å². The number of hydrogen-bond acceptors (Lipinski definition) is 8. The minimum atomic E-state index is -4.40. The van der Waals surface area contributed by atoms with Crippen LogP contribution in [0.2, 0.25) is 0 Å². The number of nitrogen functional groups attached to an aromatic ring is 1. The molecule has 6 rings (SSSR count). The zero-order valence-corrected chi connectivity index (χ0v) is 20.6. The van der Waals surface area contributed by atoms with Gasteiger partial charge in [-0.15, -0.1) is 0 Å². The van der Waals surface area contributed by atoms with Crippen molar-refractivity contribution >= 4 is 33.7 Å². The molecule has 13 heteroatoms. The molecule has 6 aromatic rings. The van der Waals surface area contributed by atoms with E-state index in [-0.39, 0.29) is 29.6 Å². The lowest BCUT2D eigenvalue weighted by atomic mass is 10.1. The molecule has 0 aliphatic heterocycles. The number of aromatic nitrogens is 6. The smallest absolute Gasteiger partial charge is 0.406 e. The number of oxazole rings is 1. The molecule has 3 N–H and O–H groups in total. The summed E-state index contributed by atoms with van der Waals surface area (Å²) in [4.78, 5) is 34.8. The summed E-state index contributed by atoms with van der Waals surface area (Å²) in [6, 6.07) is 14.0. The van der Waals surface area contributed by atoms with Gasteiger partial charge in [-0.3, -0.25) is 9.78 Å². The average Bonchev–Trinajstić information content (AvgIpc) is 3.61. The number of halogens is 3. The van der Waals surface area contributed by atoms with E-state index in [1.165, 1.54) is 18.5 Å². The Morgan fingerprint density at radius 1 is 1.00 bits per heavy atom. The maximum absolute atomic E-state index is 13.2. The molecule has 0 bridgehead atoms. The van der Waals surface area contributed by atoms with Crippen LogP contribution in [0.15, 0.2) is 77.9 Å². The highest BCUT2D eigenvalue weighted by molar-refractivity contribution is 5.98. The van der Waals surface area contributed by atoms with E-state index in [1.807, 2.05) is 18.2 Å². The number of anilines is 1. The Kier molecular flexibility index (Phi) is 6.10. The maximum atomic E-state index is 13.2. The molecule has 0 unspecified atom stereocenters. The molecule has 0 radical (unpaired) electrons. The Balaban J connectivity index is 1.34. The highest BCUT2D eigenvalue weighted by Crippen LogP contribution is 2.31. The molecular weight excluding hydrogens is 525 g/mol. The highest BCUT2D eigenvalue weighted by Gasteiger charge is 2.29. The fourth-order valence-electron chi connectivity index (χ4n) is 4.40. The Morgan fingerprint density at radius 2 is 1.88 bits per heavy atom. The molecule has 4 aromatic heterocycles. The van der Waals surface area contributed by atoms with E-state index in [1.54, 1.807) is 30.5 Å². The van der Waals surface area contributed by atoms with Crippen molar-refractivity contribution in [1.82, 2.24) is 34.8 Å². The van der Waals surface area contributed by atoms with E-state index in [4.69, 9.17) is 10.2 Å². The number of nitrogens with zero attached hydrogens (tertiary/aromatic N) is 6. The second kappa shape index (κ2) is 9.76. The van der Waals surface area contributed by atoms with Gasteiger partial charge in [-0.25, -0.2) is 19.9 Å². The first-order chi connectivity index (χ1) is 19.3. The number of benzene rings is 2. The number of rotatable bonds is 6. The molecule has 0 fully saturated rings. The van der Waals surface area contributed by atoms with Crippen molar-refractivity contribution < 1.29 is 22.4 Å². The molecule has 2 aromatic carbocycles. The monoisotopic (exact) mass is 544 g/mol. The third-order valence-corrected chi connectivity index (χ3v) is 6.17. The standard InChI is InChI=1S/C27H19F3N8O2/c28-27(29,30)13-38-14-35-20-17(3-1-5-19(20)38)12-34-25(39)23-24(31)37-22(26-33-9-10-40-26)21(36-23)16-6-7-18-15(11-16)4-2-8-32-18/h1-11,14H,12-13H2,(H2,31,37)(H,34,39). The van der Waals surface area contributed by atoms with Crippen LogP contribution in [-0.4, -0.2) is 41.6 Å². The number of nitrogens with two attached hydrogens (primary N) is 1. The molecule has 200 valence electrons. The van der Waals surface area contributed by atoms with Gasteiger partial charge in [0.05, 0.1) is 29.1 Å². The summed E-state index contributed by atoms with van der Waals surface area (Å²) in [7, 11) is 0. The lowest BCUT2D eigenvalue weighted by Gasteiger charge is -2.12. The Labute approximate surface area is 223 Å². The number of carbonyl (C=O) groups is 1. The number of amides is 1. The quantitative estimate of drug-likeness (QED) is 0.306. The van der Waals surface area contributed by atoms with Crippen molar-refractivity contribution in [2.45, 2.75) is 19.3 Å². The minimum absolute atomic E-state index is 0.0290. The number of fused-ring (bicyclic) bond motifs is 2. The van der Waals surface area contributed by atoms with Gasteiger partial charge in [-0.2, -0.15) is 13.2 Å². The van der Waals surface area contributed by atoms with Crippen LogP contribution >= 0.6 is 0 Å². The third kappa shape index (κ3) is 4.79. The van der Waals surface area contributed by atoms with E-state index in [0.29, 0.717) is 27.9 Å². The number of hydrogen-bond donors (Lipinski definition) is 2. The fourth-order valence-corrected chi connectivity index (χ4v) is 4.40. The van der Waals surface area contributed by atoms with E-state index in [0.717, 1.165) is 21.8 Å². The lowest BCUT2D eigenvalue weighted by Crippen LogP contribution is -2.26. The van der Waals surface area contributed by atoms with E-state index in [2.05, 4.69) is 30.2 Å². The fraction of sp³-hybridized carbons (Fsp3) is 0.111. The largest absolute Gasteiger partial charge is 0.443 e. The first-order valence-corrected chi connectivity index (χ1v) is 12.0. The van der Waals surface area contributed by atoms with Crippen molar-refractivity contribution in [1.29, 1.82) is 0 Å². The average molecular weight is 544 g/mol. The SMILES string of the molecule is Nc1nc(-c2ncco2)c(-c2ccc3ncccc3c2)nc1C(=O)NCc1cccc2c1ncn2CC(F)(F)F. The van der Waals surface area contributed by atoms with E-state index in [9.17, 15) is 18.0 Å². The number of imidazole rings is 1. The Morgan fingerprint density at radius 3 is 2.67 bits per heavy atom. The highest BCUT2D eigenvalue weighted by atomic mass is 19.4. The molecule has 0 atom stereocenters. The van der Waals surface area contributed by atoms with Gasteiger partial charge in [0, 0.05) is 23.7 Å². The maximum Gasteiger partial charge on any atom is 0.406 e. The van der Waals surface area contributed by atoms with Crippen LogP contribution in [-0.2, 0) is 13.1 Å². The van der Waals surface area contributed by atoms with Crippen molar-refractivity contribution in [3.8, 4) is 22.8 Å². The van der Waals surface area contributed by atoms with Crippen LogP contribution < -0.4 is 11.1 Å². The molecule has 0 aliphatic carbocycles. The zero-order chi connectivity index (χ0) is 27.9. The molecule has 40 heavy (non-hydrogen) atoms. The summed E-state index contributed by atoms with van der Waals surface area (Å²) in [5.74, 6) is -0.600. The predicted molar refractivity (Wildman–Crippen MR) is 140 cm³/mol. The van der Waals surface area contributed by atoms with Crippen molar-refractivity contribution in [2.75, 3.05) is 5.73 Å². The van der Waals surface area contributed by atoms with Gasteiger partial charge in [0.15, 0.2) is 17.2 Å². The number of carbonyl (C=O) groups excluding carboxylic acids is 1. The molecule has 1 amide bonds. The normalized spacial score (nSPS) is 11.8. The number of para-hydroxylation sites is 1. The number of nitrogens with one attached hydrogen (secondary N) is 1. The third-order valence-electron chi connectivity index (χ3n) is 6.17. The van der Waals surface area contributed by atoms with Gasteiger partial charge in [0.2, 0.25) is 5.89 Å². The van der Waals surface area contributed by atoms with Gasteiger partial charge in [-0.05, 0) is 29.8 Å². The molecular formula is C27H19F3N8O2. The summed E-state index contributed by atoms with van der Waals surface area (Å²) < 4.78 is 45.3. The lowest BCUT2D eigenvalue weighted by molar-refractivity contribution is -0.139.